The number of allylic oxidation sites excluding steroid dienone is 6. The lowest BCUT2D eigenvalue weighted by atomic mass is 9.88. The fraction of sp³-hybridized carbons (Fsp3) is 0.296. The Morgan fingerprint density at radius 2 is 0.662 bits per heavy atom. The monoisotopic (exact) mass is 1910 g/mol. The van der Waals surface area contributed by atoms with Gasteiger partial charge in [-0.3, -0.25) is 29.7 Å². The van der Waals surface area contributed by atoms with E-state index in [9.17, 15) is 67.1 Å². The second-order valence-corrected chi connectivity index (χ2v) is 31.1. The van der Waals surface area contributed by atoms with Crippen molar-refractivity contribution >= 4 is 99.8 Å². The Balaban J connectivity index is 0.000000170. The van der Waals surface area contributed by atoms with Crippen molar-refractivity contribution in [3.8, 4) is 17.6 Å². The van der Waals surface area contributed by atoms with Crippen molar-refractivity contribution in [3.05, 3.63) is 305 Å². The zero-order chi connectivity index (χ0) is 94.1. The highest BCUT2D eigenvalue weighted by molar-refractivity contribution is 9.09. The van der Waals surface area contributed by atoms with Crippen LogP contribution in [0.25, 0.3) is 66.1 Å². The Kier molecular flexibility index (Phi) is 36.4. The number of fused-ring (bicyclic) bond motifs is 3. The van der Waals surface area contributed by atoms with Crippen LogP contribution in [0, 0.1) is 17.8 Å². The van der Waals surface area contributed by atoms with Crippen molar-refractivity contribution < 1.29 is 95.5 Å². The maximum Gasteiger partial charge on any atom is 0.393 e. The summed E-state index contributed by atoms with van der Waals surface area (Å²) >= 11 is 3.22. The Hall–Kier alpha value is -13.1. The number of hydrogen-bond donors (Lipinski definition) is 4. The van der Waals surface area contributed by atoms with Gasteiger partial charge >= 0.3 is 18.5 Å². The Bertz CT molecular complexity index is 5730. The van der Waals surface area contributed by atoms with E-state index in [0.717, 1.165) is 43.9 Å². The van der Waals surface area contributed by atoms with Crippen LogP contribution in [0.15, 0.2) is 237 Å². The quantitative estimate of drug-likeness (QED) is 0.0103. The zero-order valence-electron chi connectivity index (χ0n) is 72.1. The molecule has 3 aliphatic rings. The lowest BCUT2D eigenvalue weighted by molar-refractivity contribution is -0.130. The van der Waals surface area contributed by atoms with Gasteiger partial charge < -0.3 is 48.9 Å². The molecule has 6 aromatic carbocycles. The number of halogens is 13. The largest absolute Gasteiger partial charge is 0.478 e. The number of ether oxygens (including phenoxy) is 6. The number of alkyl halides is 10. The molecular formula is C98H96BrF12N13O9. The number of carbonyl (C=O) groups excluding carboxylic acids is 3. The van der Waals surface area contributed by atoms with E-state index >= 15 is 0 Å². The molecule has 9 heterocycles. The van der Waals surface area contributed by atoms with Gasteiger partial charge in [0.2, 0.25) is 53.2 Å². The minimum Gasteiger partial charge on any atom is -0.478 e. The van der Waals surface area contributed by atoms with Crippen LogP contribution in [0.5, 0.6) is 17.6 Å². The highest BCUT2D eigenvalue weighted by atomic mass is 79.9. The highest BCUT2D eigenvalue weighted by Gasteiger charge is 2.35. The van der Waals surface area contributed by atoms with Gasteiger partial charge in [0, 0.05) is 105 Å². The Morgan fingerprint density at radius 1 is 0.376 bits per heavy atom. The van der Waals surface area contributed by atoms with Gasteiger partial charge in [-0.15, -0.1) is 0 Å². The number of carbonyl (C=O) groups is 3. The Morgan fingerprint density at radius 3 is 0.932 bits per heavy atom. The molecule has 0 bridgehead atoms. The number of aromatic nitrogens is 9. The second kappa shape index (κ2) is 48.9. The van der Waals surface area contributed by atoms with E-state index in [-0.39, 0.29) is 68.4 Å². The van der Waals surface area contributed by atoms with Crippen molar-refractivity contribution in [1.29, 1.82) is 0 Å². The molecule has 22 nitrogen and oxygen atoms in total. The predicted octanol–water partition coefficient (Wildman–Crippen LogP) is 20.1. The third-order valence-electron chi connectivity index (χ3n) is 21.1. The van der Waals surface area contributed by atoms with Crippen LogP contribution >= 0.6 is 15.9 Å². The minimum atomic E-state index is -4.50. The lowest BCUT2D eigenvalue weighted by Crippen LogP contribution is -2.39. The number of H-pyrrole nitrogens is 3. The van der Waals surface area contributed by atoms with E-state index in [1.54, 1.807) is 203 Å². The molecule has 35 heteroatoms. The average molecular weight is 1910 g/mol. The molecule has 3 saturated heterocycles. The summed E-state index contributed by atoms with van der Waals surface area (Å²) in [6.07, 6.45) is 2.19. The van der Waals surface area contributed by atoms with Crippen molar-refractivity contribution in [3.63, 3.8) is 0 Å². The number of nitrogens with zero attached hydrogens (tertiary/aromatic N) is 9. The van der Waals surface area contributed by atoms with Gasteiger partial charge in [-0.1, -0.05) is 143 Å². The van der Waals surface area contributed by atoms with Gasteiger partial charge in [-0.2, -0.15) is 68.0 Å². The van der Waals surface area contributed by atoms with Crippen LogP contribution in [-0.2, 0) is 28.6 Å². The van der Waals surface area contributed by atoms with Crippen LogP contribution in [0.4, 0.5) is 52.7 Å². The summed E-state index contributed by atoms with van der Waals surface area (Å²) in [6, 6.07) is 48.8. The topological polar surface area (TPSA) is 267 Å². The number of aromatic amines is 3. The molecule has 12 aromatic rings. The molecule has 5 N–H and O–H groups in total. The smallest absolute Gasteiger partial charge is 0.393 e. The molecule has 3 fully saturated rings. The normalized spacial score (nSPS) is 14.5. The van der Waals surface area contributed by atoms with E-state index in [1.807, 2.05) is 12.2 Å². The molecule has 0 spiro atoms. The third kappa shape index (κ3) is 29.7. The first-order valence-corrected chi connectivity index (χ1v) is 44.0. The number of hydrogen-bond acceptors (Lipinski definition) is 16. The van der Waals surface area contributed by atoms with Crippen molar-refractivity contribution in [2.45, 2.75) is 76.3 Å². The van der Waals surface area contributed by atoms with Gasteiger partial charge in [0.25, 0.3) is 0 Å². The first-order valence-electron chi connectivity index (χ1n) is 42.9. The summed E-state index contributed by atoms with van der Waals surface area (Å²) in [6.45, 7) is 8.75. The van der Waals surface area contributed by atoms with Gasteiger partial charge in [0.05, 0.1) is 105 Å². The van der Waals surface area contributed by atoms with Crippen LogP contribution < -0.4 is 19.9 Å². The Labute approximate surface area is 766 Å². The van der Waals surface area contributed by atoms with E-state index in [0.29, 0.717) is 189 Å². The maximum atomic E-state index is 14.4. The number of rotatable bonds is 31. The number of benzene rings is 6. The van der Waals surface area contributed by atoms with E-state index in [2.05, 4.69) is 61.5 Å². The van der Waals surface area contributed by atoms with Gasteiger partial charge in [0.15, 0.2) is 0 Å². The fourth-order valence-electron chi connectivity index (χ4n) is 14.7. The third-order valence-corrected chi connectivity index (χ3v) is 21.5. The summed E-state index contributed by atoms with van der Waals surface area (Å²) in [5, 5.41) is 19.7. The number of morpholine rings is 3. The lowest BCUT2D eigenvalue weighted by Gasteiger charge is -2.25. The molecule has 0 aliphatic carbocycles. The molecule has 6 aromatic heterocycles. The summed E-state index contributed by atoms with van der Waals surface area (Å²) < 4.78 is 200. The standard InChI is InChI=1S/2C33H32F4N4O3.C24H20F4N4O.C8H12BrNO2/c2*34-32-26-20-24(11-13-28(26)39-40-32)31(27(21-33(35,36)37)23-8-4-3-5-9-23)25-12-14-29(38-22-25)44-17-7-2-1-6-10-30(42)41-15-18-43-19-16-41;25-23-18-12-16(6-8-20(18)31-32-23)22(17-7-9-21(30-14-17)33-11-10-29)19(13-24(26,27)28)15-4-2-1-3-5-15;9-3-1-2-8(11)10-4-6-12-7-5-10/h2*3-6,8-14,20,22H,1-2,7,15-19,21H2,(H,39,40);1-9,12,14H,10-11,13,29H2,(H,31,32);1-2H,3-7H2/b2*10-6+,31-27-;22-19-;2-1+. The number of nitrogens with two attached hydrogens (primary N) is 1. The number of pyridine rings is 3. The van der Waals surface area contributed by atoms with E-state index in [1.165, 1.54) is 36.8 Å². The van der Waals surface area contributed by atoms with Crippen molar-refractivity contribution in [2.24, 2.45) is 5.73 Å². The molecule has 3 amide bonds. The summed E-state index contributed by atoms with van der Waals surface area (Å²) in [5.41, 5.74) is 11.2. The summed E-state index contributed by atoms with van der Waals surface area (Å²) in [5.74, 6) is -0.968. The van der Waals surface area contributed by atoms with Crippen LogP contribution in [0.2, 0.25) is 0 Å². The number of unbranched alkanes of at least 4 members (excludes halogenated alkanes) is 4. The second-order valence-electron chi connectivity index (χ2n) is 30.5. The first kappa shape index (κ1) is 98.9. The first-order chi connectivity index (χ1) is 64.3. The number of nitrogens with one attached hydrogen (secondary N) is 3. The van der Waals surface area contributed by atoms with Crippen LogP contribution in [0.3, 0.4) is 0 Å². The molecule has 0 radical (unpaired) electrons. The fourth-order valence-corrected chi connectivity index (χ4v) is 14.9. The highest BCUT2D eigenvalue weighted by Crippen LogP contribution is 2.44. The van der Waals surface area contributed by atoms with Crippen molar-refractivity contribution in [2.75, 3.05) is 111 Å². The van der Waals surface area contributed by atoms with Crippen LogP contribution in [-0.4, -0.2) is 207 Å². The van der Waals surface area contributed by atoms with Crippen molar-refractivity contribution in [1.82, 2.24) is 60.2 Å². The summed E-state index contributed by atoms with van der Waals surface area (Å²) in [4.78, 5) is 53.9. The molecule has 0 unspecified atom stereocenters. The predicted molar refractivity (Wildman–Crippen MR) is 487 cm³/mol. The van der Waals surface area contributed by atoms with Gasteiger partial charge in [0.1, 0.15) is 6.61 Å². The summed E-state index contributed by atoms with van der Waals surface area (Å²) in [7, 11) is 0. The molecule has 0 saturated carbocycles. The van der Waals surface area contributed by atoms with Crippen LogP contribution in [0.1, 0.15) is 108 Å². The van der Waals surface area contributed by atoms with Gasteiger partial charge in [-0.25, -0.2) is 15.0 Å². The maximum absolute atomic E-state index is 14.4. The van der Waals surface area contributed by atoms with E-state index in [4.69, 9.17) is 34.2 Å². The number of amides is 3. The molecule has 133 heavy (non-hydrogen) atoms. The molecule has 15 rings (SSSR count). The van der Waals surface area contributed by atoms with E-state index < -0.39 is 55.6 Å². The zero-order valence-corrected chi connectivity index (χ0v) is 73.7. The average Bonchev–Trinajstić information content (AvgIpc) is 1.78. The molecule has 3 aliphatic heterocycles. The van der Waals surface area contributed by atoms with Gasteiger partial charge in [-0.05, 0) is 178 Å². The molecule has 0 atom stereocenters. The minimum absolute atomic E-state index is 0.0114. The molecule has 698 valence electrons. The molecular weight excluding hydrogens is 1810 g/mol. The SMILES string of the molecule is NCCOc1ccc(/C(=C(/CC(F)(F)F)c2ccccc2)c2ccc3n[nH]c(F)c3c2)cn1.O=C(/C=C/CBr)N1CCOCC1.O=C(/C=C/CCCCOc1ccc(/C(=C(/CC(F)(F)F)c2ccccc2)c2ccc3n[nH]c(F)c3c2)cn1)N1CCOCC1.O=C(/C=C/CCCCOc1ccc(/C(=C(/CC(F)(F)F)c2ccccc2)c2ccc3n[nH]c(F)c3c2)cn1)N1CCOCC1.